The van der Waals surface area contributed by atoms with Crippen LogP contribution in [0.3, 0.4) is 0 Å². The summed E-state index contributed by atoms with van der Waals surface area (Å²) in [4.78, 5) is 10.3. The number of aliphatic carboxylic acids is 1. The first-order valence-electron chi connectivity index (χ1n) is 4.72. The maximum absolute atomic E-state index is 10.3. The van der Waals surface area contributed by atoms with E-state index in [1.807, 2.05) is 18.2 Å². The van der Waals surface area contributed by atoms with Crippen LogP contribution in [0.5, 0.6) is 5.75 Å². The third-order valence-electron chi connectivity index (χ3n) is 2.16. The van der Waals surface area contributed by atoms with Gasteiger partial charge in [-0.05, 0) is 23.8 Å². The summed E-state index contributed by atoms with van der Waals surface area (Å²) in [6.07, 6.45) is 0.789. The molecule has 0 saturated heterocycles. The van der Waals surface area contributed by atoms with Crippen molar-refractivity contribution < 1.29 is 14.6 Å². The minimum atomic E-state index is -0.896. The summed E-state index contributed by atoms with van der Waals surface area (Å²) >= 11 is 0. The molecule has 0 aliphatic carbocycles. The molecule has 1 aromatic carbocycles. The predicted octanol–water partition coefficient (Wildman–Crippen LogP) is 1.45. The van der Waals surface area contributed by atoms with Crippen molar-refractivity contribution in [3.05, 3.63) is 29.3 Å². The molecule has 0 spiro atoms. The summed E-state index contributed by atoms with van der Waals surface area (Å²) in [5.41, 5.74) is 2.00. The molecule has 0 unspecified atom stereocenters. The largest absolute Gasteiger partial charge is 0.493 e. The Morgan fingerprint density at radius 2 is 2.40 bits per heavy atom. The zero-order chi connectivity index (χ0) is 10.7. The zero-order valence-electron chi connectivity index (χ0n) is 8.12. The second-order valence-electron chi connectivity index (χ2n) is 3.29. The maximum Gasteiger partial charge on any atom is 0.315 e. The second kappa shape index (κ2) is 4.05. The molecule has 0 bridgehead atoms. The van der Waals surface area contributed by atoms with Crippen molar-refractivity contribution >= 4 is 5.97 Å². The van der Waals surface area contributed by atoms with E-state index >= 15 is 0 Å². The van der Waals surface area contributed by atoms with Crippen molar-refractivity contribution in [2.24, 2.45) is 0 Å². The van der Waals surface area contributed by atoms with Crippen molar-refractivity contribution in [1.29, 1.82) is 0 Å². The van der Waals surface area contributed by atoms with Gasteiger partial charge >= 0.3 is 5.97 Å². The topological polar surface area (TPSA) is 46.5 Å². The fourth-order valence-corrected chi connectivity index (χ4v) is 1.49. The standard InChI is InChI=1S/C12H10O3/c13-12(14)3-1-2-9-4-5-11-10(8-9)6-7-15-11/h4-5,8H,3,6-7H2,(H,13,14). The summed E-state index contributed by atoms with van der Waals surface area (Å²) in [7, 11) is 0. The molecular weight excluding hydrogens is 192 g/mol. The van der Waals surface area contributed by atoms with Crippen molar-refractivity contribution in [2.75, 3.05) is 6.61 Å². The van der Waals surface area contributed by atoms with Gasteiger partial charge in [-0.15, -0.1) is 0 Å². The molecule has 15 heavy (non-hydrogen) atoms. The Labute approximate surface area is 87.7 Å². The quantitative estimate of drug-likeness (QED) is 0.701. The minimum absolute atomic E-state index is 0.117. The van der Waals surface area contributed by atoms with Gasteiger partial charge in [0.1, 0.15) is 12.2 Å². The van der Waals surface area contributed by atoms with Crippen LogP contribution in [-0.2, 0) is 11.2 Å². The number of carboxylic acid groups (broad SMARTS) is 1. The second-order valence-corrected chi connectivity index (χ2v) is 3.29. The van der Waals surface area contributed by atoms with Crippen LogP contribution in [0.15, 0.2) is 18.2 Å². The molecule has 1 aromatic rings. The van der Waals surface area contributed by atoms with Crippen LogP contribution >= 0.6 is 0 Å². The lowest BCUT2D eigenvalue weighted by Crippen LogP contribution is -1.90. The number of fused-ring (bicyclic) bond motifs is 1. The highest BCUT2D eigenvalue weighted by Crippen LogP contribution is 2.25. The van der Waals surface area contributed by atoms with E-state index < -0.39 is 5.97 Å². The van der Waals surface area contributed by atoms with E-state index in [2.05, 4.69) is 11.8 Å². The van der Waals surface area contributed by atoms with Gasteiger partial charge in [0.15, 0.2) is 0 Å². The summed E-state index contributed by atoms with van der Waals surface area (Å²) < 4.78 is 5.35. The van der Waals surface area contributed by atoms with Crippen LogP contribution in [0.1, 0.15) is 17.5 Å². The van der Waals surface area contributed by atoms with Gasteiger partial charge in [0.25, 0.3) is 0 Å². The SMILES string of the molecule is O=C(O)CC#Cc1ccc2c(c1)CCO2. The number of carbonyl (C=O) groups is 1. The lowest BCUT2D eigenvalue weighted by Gasteiger charge is -1.97. The molecule has 3 nitrogen and oxygen atoms in total. The molecule has 1 N–H and O–H groups in total. The summed E-state index contributed by atoms with van der Waals surface area (Å²) in [5, 5.41) is 8.42. The molecule has 0 saturated carbocycles. The molecule has 2 rings (SSSR count). The Morgan fingerprint density at radius 3 is 3.20 bits per heavy atom. The molecule has 1 heterocycles. The normalized spacial score (nSPS) is 12.3. The first-order valence-corrected chi connectivity index (χ1v) is 4.72. The van der Waals surface area contributed by atoms with Crippen molar-refractivity contribution in [1.82, 2.24) is 0 Å². The molecule has 0 fully saturated rings. The van der Waals surface area contributed by atoms with E-state index in [1.165, 1.54) is 0 Å². The van der Waals surface area contributed by atoms with Crippen LogP contribution in [0, 0.1) is 11.8 Å². The number of ether oxygens (including phenoxy) is 1. The van der Waals surface area contributed by atoms with Gasteiger partial charge < -0.3 is 9.84 Å². The van der Waals surface area contributed by atoms with Crippen molar-refractivity contribution in [3.63, 3.8) is 0 Å². The molecule has 76 valence electrons. The lowest BCUT2D eigenvalue weighted by atomic mass is 10.1. The van der Waals surface area contributed by atoms with Crippen LogP contribution in [0.2, 0.25) is 0 Å². The molecule has 1 aliphatic heterocycles. The average molecular weight is 202 g/mol. The number of benzene rings is 1. The van der Waals surface area contributed by atoms with Crippen LogP contribution in [0.4, 0.5) is 0 Å². The monoisotopic (exact) mass is 202 g/mol. The summed E-state index contributed by atoms with van der Waals surface area (Å²) in [6, 6.07) is 5.68. The number of hydrogen-bond acceptors (Lipinski definition) is 2. The number of hydrogen-bond donors (Lipinski definition) is 1. The first kappa shape index (κ1) is 9.60. The van der Waals surface area contributed by atoms with Gasteiger partial charge in [-0.1, -0.05) is 11.8 Å². The summed E-state index contributed by atoms with van der Waals surface area (Å²) in [5.74, 6) is 5.44. The Balaban J connectivity index is 2.15. The highest BCUT2D eigenvalue weighted by Gasteiger charge is 2.10. The van der Waals surface area contributed by atoms with E-state index in [9.17, 15) is 4.79 Å². The predicted molar refractivity (Wildman–Crippen MR) is 54.8 cm³/mol. The van der Waals surface area contributed by atoms with E-state index in [0.29, 0.717) is 0 Å². The van der Waals surface area contributed by atoms with Gasteiger partial charge in [0, 0.05) is 12.0 Å². The number of carboxylic acids is 1. The minimum Gasteiger partial charge on any atom is -0.493 e. The van der Waals surface area contributed by atoms with Gasteiger partial charge in [0.2, 0.25) is 0 Å². The molecular formula is C12H10O3. The fourth-order valence-electron chi connectivity index (χ4n) is 1.49. The van der Waals surface area contributed by atoms with Gasteiger partial charge in [-0.25, -0.2) is 0 Å². The molecule has 0 aromatic heterocycles. The van der Waals surface area contributed by atoms with Crippen LogP contribution < -0.4 is 4.74 Å². The zero-order valence-corrected chi connectivity index (χ0v) is 8.12. The highest BCUT2D eigenvalue weighted by molar-refractivity contribution is 5.70. The van der Waals surface area contributed by atoms with Crippen molar-refractivity contribution in [3.8, 4) is 17.6 Å². The van der Waals surface area contributed by atoms with Crippen LogP contribution in [-0.4, -0.2) is 17.7 Å². The Bertz CT molecular complexity index is 452. The Kier molecular flexibility index (Phi) is 2.59. The summed E-state index contributed by atoms with van der Waals surface area (Å²) in [6.45, 7) is 0.724. The average Bonchev–Trinajstić information content (AvgIpc) is 2.64. The smallest absolute Gasteiger partial charge is 0.315 e. The van der Waals surface area contributed by atoms with Gasteiger partial charge in [0.05, 0.1) is 6.61 Å². The molecule has 0 radical (unpaired) electrons. The number of rotatable bonds is 1. The van der Waals surface area contributed by atoms with Gasteiger partial charge in [-0.3, -0.25) is 4.79 Å². The third-order valence-corrected chi connectivity index (χ3v) is 2.16. The lowest BCUT2D eigenvalue weighted by molar-refractivity contribution is -0.135. The van der Waals surface area contributed by atoms with Crippen LogP contribution in [0.25, 0.3) is 0 Å². The molecule has 1 aliphatic rings. The third kappa shape index (κ3) is 2.29. The Hall–Kier alpha value is -1.95. The van der Waals surface area contributed by atoms with E-state index in [-0.39, 0.29) is 6.42 Å². The first-order chi connectivity index (χ1) is 7.25. The van der Waals surface area contributed by atoms with Gasteiger partial charge in [-0.2, -0.15) is 0 Å². The maximum atomic E-state index is 10.3. The highest BCUT2D eigenvalue weighted by atomic mass is 16.5. The van der Waals surface area contributed by atoms with E-state index in [1.54, 1.807) is 0 Å². The molecule has 3 heteroatoms. The fraction of sp³-hybridized carbons (Fsp3) is 0.250. The molecule has 0 amide bonds. The Morgan fingerprint density at radius 1 is 1.53 bits per heavy atom. The van der Waals surface area contributed by atoms with E-state index in [0.717, 1.165) is 29.9 Å². The van der Waals surface area contributed by atoms with E-state index in [4.69, 9.17) is 9.84 Å². The van der Waals surface area contributed by atoms with Crippen molar-refractivity contribution in [2.45, 2.75) is 12.8 Å². The molecule has 0 atom stereocenters.